The molecule has 1 N–H and O–H groups in total. The third-order valence-electron chi connectivity index (χ3n) is 2.83. The van der Waals surface area contributed by atoms with Crippen LogP contribution < -0.4 is 10.1 Å². The summed E-state index contributed by atoms with van der Waals surface area (Å²) in [6.07, 6.45) is 0. The first-order chi connectivity index (χ1) is 10.2. The number of methoxy groups -OCH3 is 1. The van der Waals surface area contributed by atoms with E-state index in [1.54, 1.807) is 19.2 Å². The summed E-state index contributed by atoms with van der Waals surface area (Å²) in [4.78, 5) is 12.6. The molecule has 110 valence electrons. The summed E-state index contributed by atoms with van der Waals surface area (Å²) in [6, 6.07) is 13.6. The van der Waals surface area contributed by atoms with Gasteiger partial charge in [0.15, 0.2) is 0 Å². The van der Waals surface area contributed by atoms with Gasteiger partial charge >= 0.3 is 0 Å². The van der Waals surface area contributed by atoms with Crippen molar-refractivity contribution >= 4 is 17.7 Å². The topological polar surface area (TPSA) is 38.3 Å². The molecular formula is C16H16FNO2S. The van der Waals surface area contributed by atoms with Crippen molar-refractivity contribution in [1.29, 1.82) is 0 Å². The van der Waals surface area contributed by atoms with Crippen molar-refractivity contribution in [1.82, 2.24) is 5.32 Å². The standard InChI is InChI=1S/C16H16FNO2S/c1-20-14-6-2-12(3-7-14)10-18-16(19)11-21-15-8-4-13(17)5-9-15/h2-9H,10-11H2,1H3,(H,18,19). The second kappa shape index (κ2) is 7.69. The Morgan fingerprint density at radius 3 is 2.43 bits per heavy atom. The van der Waals surface area contributed by atoms with E-state index >= 15 is 0 Å². The highest BCUT2D eigenvalue weighted by Gasteiger charge is 2.03. The molecule has 2 rings (SSSR count). The largest absolute Gasteiger partial charge is 0.497 e. The molecule has 0 aliphatic rings. The zero-order chi connectivity index (χ0) is 15.1. The average Bonchev–Trinajstić information content (AvgIpc) is 2.53. The van der Waals surface area contributed by atoms with E-state index in [4.69, 9.17) is 4.74 Å². The number of hydrogen-bond donors (Lipinski definition) is 1. The fraction of sp³-hybridized carbons (Fsp3) is 0.188. The molecule has 5 heteroatoms. The molecule has 2 aromatic carbocycles. The Labute approximate surface area is 127 Å². The fourth-order valence-corrected chi connectivity index (χ4v) is 2.40. The zero-order valence-electron chi connectivity index (χ0n) is 11.6. The number of thioether (sulfide) groups is 1. The lowest BCUT2D eigenvalue weighted by molar-refractivity contribution is -0.118. The van der Waals surface area contributed by atoms with Crippen molar-refractivity contribution in [3.05, 3.63) is 59.9 Å². The molecule has 0 radical (unpaired) electrons. The van der Waals surface area contributed by atoms with Gasteiger partial charge in [0.25, 0.3) is 0 Å². The Hall–Kier alpha value is -2.01. The molecule has 0 fully saturated rings. The maximum atomic E-state index is 12.8. The minimum absolute atomic E-state index is 0.0554. The number of amides is 1. The van der Waals surface area contributed by atoms with Crippen LogP contribution in [0, 0.1) is 5.82 Å². The number of hydrogen-bond acceptors (Lipinski definition) is 3. The summed E-state index contributed by atoms with van der Waals surface area (Å²) in [5, 5.41) is 2.84. The summed E-state index contributed by atoms with van der Waals surface area (Å²) in [6.45, 7) is 0.479. The van der Waals surface area contributed by atoms with Gasteiger partial charge in [0.1, 0.15) is 11.6 Å². The highest BCUT2D eigenvalue weighted by atomic mass is 32.2. The second-order valence-electron chi connectivity index (χ2n) is 4.37. The van der Waals surface area contributed by atoms with Gasteiger partial charge < -0.3 is 10.1 Å². The molecular weight excluding hydrogens is 289 g/mol. The third-order valence-corrected chi connectivity index (χ3v) is 3.84. The van der Waals surface area contributed by atoms with E-state index in [2.05, 4.69) is 5.32 Å². The van der Waals surface area contributed by atoms with E-state index in [0.29, 0.717) is 12.3 Å². The van der Waals surface area contributed by atoms with Crippen LogP contribution in [0.15, 0.2) is 53.4 Å². The monoisotopic (exact) mass is 305 g/mol. The Balaban J connectivity index is 1.75. The zero-order valence-corrected chi connectivity index (χ0v) is 12.5. The Bertz CT molecular complexity index is 584. The third kappa shape index (κ3) is 5.11. The van der Waals surface area contributed by atoms with E-state index < -0.39 is 0 Å². The quantitative estimate of drug-likeness (QED) is 0.833. The van der Waals surface area contributed by atoms with Crippen LogP contribution in [0.1, 0.15) is 5.56 Å². The first-order valence-corrected chi connectivity index (χ1v) is 7.44. The molecule has 2 aromatic rings. The average molecular weight is 305 g/mol. The summed E-state index contributed by atoms with van der Waals surface area (Å²) in [5.41, 5.74) is 1.01. The lowest BCUT2D eigenvalue weighted by Crippen LogP contribution is -2.24. The summed E-state index contributed by atoms with van der Waals surface area (Å²) in [7, 11) is 1.61. The smallest absolute Gasteiger partial charge is 0.230 e. The van der Waals surface area contributed by atoms with Crippen LogP contribution in [0.2, 0.25) is 0 Å². The van der Waals surface area contributed by atoms with Crippen LogP contribution in [-0.2, 0) is 11.3 Å². The number of carbonyl (C=O) groups is 1. The van der Waals surface area contributed by atoms with Crippen molar-refractivity contribution in [3.8, 4) is 5.75 Å². The Morgan fingerprint density at radius 2 is 1.81 bits per heavy atom. The Kier molecular flexibility index (Phi) is 5.63. The first-order valence-electron chi connectivity index (χ1n) is 6.45. The molecule has 0 spiro atoms. The van der Waals surface area contributed by atoms with Gasteiger partial charge in [0.05, 0.1) is 12.9 Å². The van der Waals surface area contributed by atoms with Crippen LogP contribution in [0.3, 0.4) is 0 Å². The van der Waals surface area contributed by atoms with Crippen LogP contribution in [-0.4, -0.2) is 18.8 Å². The van der Waals surface area contributed by atoms with E-state index in [0.717, 1.165) is 16.2 Å². The SMILES string of the molecule is COc1ccc(CNC(=O)CSc2ccc(F)cc2)cc1. The predicted molar refractivity (Wildman–Crippen MR) is 82.0 cm³/mol. The van der Waals surface area contributed by atoms with Crippen LogP contribution >= 0.6 is 11.8 Å². The Morgan fingerprint density at radius 1 is 1.14 bits per heavy atom. The van der Waals surface area contributed by atoms with Crippen molar-refractivity contribution in [2.45, 2.75) is 11.4 Å². The lowest BCUT2D eigenvalue weighted by atomic mass is 10.2. The van der Waals surface area contributed by atoms with Gasteiger partial charge in [-0.15, -0.1) is 11.8 Å². The molecule has 0 aliphatic heterocycles. The molecule has 0 aromatic heterocycles. The minimum atomic E-state index is -0.275. The molecule has 0 saturated heterocycles. The van der Waals surface area contributed by atoms with Gasteiger partial charge in [-0.2, -0.15) is 0 Å². The molecule has 0 heterocycles. The second-order valence-corrected chi connectivity index (χ2v) is 5.42. The van der Waals surface area contributed by atoms with E-state index in [-0.39, 0.29) is 11.7 Å². The molecule has 0 saturated carbocycles. The summed E-state index contributed by atoms with van der Waals surface area (Å²) in [5.74, 6) is 0.766. The van der Waals surface area contributed by atoms with Gasteiger partial charge in [-0.05, 0) is 42.0 Å². The maximum Gasteiger partial charge on any atom is 0.230 e. The van der Waals surface area contributed by atoms with Crippen molar-refractivity contribution in [2.24, 2.45) is 0 Å². The van der Waals surface area contributed by atoms with Gasteiger partial charge in [0, 0.05) is 11.4 Å². The normalized spacial score (nSPS) is 10.2. The first kappa shape index (κ1) is 15.4. The van der Waals surface area contributed by atoms with Crippen LogP contribution in [0.4, 0.5) is 4.39 Å². The van der Waals surface area contributed by atoms with Gasteiger partial charge in [-0.25, -0.2) is 4.39 Å². The number of halogens is 1. The molecule has 1 amide bonds. The highest BCUT2D eigenvalue weighted by Crippen LogP contribution is 2.17. The number of carbonyl (C=O) groups excluding carboxylic acids is 1. The van der Waals surface area contributed by atoms with E-state index in [1.165, 1.54) is 23.9 Å². The van der Waals surface area contributed by atoms with E-state index in [1.807, 2.05) is 24.3 Å². The molecule has 3 nitrogen and oxygen atoms in total. The number of nitrogens with one attached hydrogen (secondary N) is 1. The van der Waals surface area contributed by atoms with Crippen molar-refractivity contribution in [2.75, 3.05) is 12.9 Å². The summed E-state index contributed by atoms with van der Waals surface area (Å²) < 4.78 is 17.8. The maximum absolute atomic E-state index is 12.8. The van der Waals surface area contributed by atoms with Crippen LogP contribution in [0.5, 0.6) is 5.75 Å². The summed E-state index contributed by atoms with van der Waals surface area (Å²) >= 11 is 1.38. The lowest BCUT2D eigenvalue weighted by Gasteiger charge is -2.06. The number of benzene rings is 2. The van der Waals surface area contributed by atoms with Gasteiger partial charge in [0.2, 0.25) is 5.91 Å². The molecule has 21 heavy (non-hydrogen) atoms. The van der Waals surface area contributed by atoms with E-state index in [9.17, 15) is 9.18 Å². The molecule has 0 unspecified atom stereocenters. The van der Waals surface area contributed by atoms with Crippen molar-refractivity contribution in [3.63, 3.8) is 0 Å². The molecule has 0 atom stereocenters. The highest BCUT2D eigenvalue weighted by molar-refractivity contribution is 8.00. The number of ether oxygens (including phenoxy) is 1. The van der Waals surface area contributed by atoms with Crippen molar-refractivity contribution < 1.29 is 13.9 Å². The minimum Gasteiger partial charge on any atom is -0.497 e. The predicted octanol–water partition coefficient (Wildman–Crippen LogP) is 3.24. The molecule has 0 aliphatic carbocycles. The van der Waals surface area contributed by atoms with Gasteiger partial charge in [-0.1, -0.05) is 12.1 Å². The molecule has 0 bridgehead atoms. The van der Waals surface area contributed by atoms with Gasteiger partial charge in [-0.3, -0.25) is 4.79 Å². The fourth-order valence-electron chi connectivity index (χ4n) is 1.67. The van der Waals surface area contributed by atoms with Crippen LogP contribution in [0.25, 0.3) is 0 Å². The number of rotatable bonds is 6.